The van der Waals surface area contributed by atoms with Crippen molar-refractivity contribution in [3.05, 3.63) is 68.5 Å². The van der Waals surface area contributed by atoms with Crippen LogP contribution in [0.3, 0.4) is 0 Å². The molecule has 1 fully saturated rings. The number of amides is 3. The average Bonchev–Trinajstić information content (AvgIpc) is 2.86. The van der Waals surface area contributed by atoms with Crippen LogP contribution in [-0.2, 0) is 9.59 Å². The number of para-hydroxylation sites is 1. The second kappa shape index (κ2) is 8.07. The Bertz CT molecular complexity index is 915. The van der Waals surface area contributed by atoms with Gasteiger partial charge in [-0.25, -0.2) is 0 Å². The molecule has 1 N–H and O–H groups in total. The van der Waals surface area contributed by atoms with E-state index in [1.165, 1.54) is 0 Å². The molecule has 0 unspecified atom stereocenters. The van der Waals surface area contributed by atoms with Crippen molar-refractivity contribution in [2.75, 3.05) is 11.9 Å². The molecule has 1 saturated heterocycles. The zero-order valence-electron chi connectivity index (χ0n) is 13.2. The Morgan fingerprint density at radius 3 is 2.54 bits per heavy atom. The fourth-order valence-electron chi connectivity index (χ4n) is 2.24. The Kier molecular flexibility index (Phi) is 5.80. The topological polar surface area (TPSA) is 66.5 Å². The van der Waals surface area contributed by atoms with Crippen LogP contribution in [0.5, 0.6) is 0 Å². The maximum Gasteiger partial charge on any atom is 0.294 e. The van der Waals surface area contributed by atoms with Crippen LogP contribution in [0.1, 0.15) is 5.56 Å². The van der Waals surface area contributed by atoms with Gasteiger partial charge in [0.1, 0.15) is 6.54 Å². The van der Waals surface area contributed by atoms with E-state index in [0.717, 1.165) is 26.7 Å². The molecule has 1 aliphatic heterocycles. The summed E-state index contributed by atoms with van der Waals surface area (Å²) in [5.41, 5.74) is 1.22. The van der Waals surface area contributed by atoms with Crippen molar-refractivity contribution in [1.82, 2.24) is 4.90 Å². The standard InChI is InChI=1S/C18H12BrClN2O3S/c19-12-7-5-11(6-8-12)9-15-17(24)22(18(25)26-15)10-16(23)21-14-4-2-1-3-13(14)20/h1-9H,10H2,(H,21,23)/b15-9+. The van der Waals surface area contributed by atoms with Gasteiger partial charge in [-0.15, -0.1) is 0 Å². The maximum absolute atomic E-state index is 12.4. The van der Waals surface area contributed by atoms with Gasteiger partial charge in [-0.2, -0.15) is 0 Å². The number of nitrogens with one attached hydrogen (secondary N) is 1. The molecule has 2 aromatic rings. The van der Waals surface area contributed by atoms with Gasteiger partial charge < -0.3 is 5.32 Å². The summed E-state index contributed by atoms with van der Waals surface area (Å²) in [4.78, 5) is 37.9. The van der Waals surface area contributed by atoms with E-state index in [2.05, 4.69) is 21.2 Å². The van der Waals surface area contributed by atoms with Gasteiger partial charge in [0.25, 0.3) is 11.1 Å². The number of anilines is 1. The van der Waals surface area contributed by atoms with Gasteiger partial charge in [0.2, 0.25) is 5.91 Å². The molecular formula is C18H12BrClN2O3S. The van der Waals surface area contributed by atoms with Gasteiger partial charge in [-0.3, -0.25) is 19.3 Å². The van der Waals surface area contributed by atoms with E-state index in [9.17, 15) is 14.4 Å². The number of carbonyl (C=O) groups excluding carboxylic acids is 3. The summed E-state index contributed by atoms with van der Waals surface area (Å²) in [5.74, 6) is -0.984. The minimum absolute atomic E-state index is 0.280. The summed E-state index contributed by atoms with van der Waals surface area (Å²) in [6, 6.07) is 14.1. The van der Waals surface area contributed by atoms with Crippen molar-refractivity contribution in [2.45, 2.75) is 0 Å². The lowest BCUT2D eigenvalue weighted by atomic mass is 10.2. The molecule has 3 rings (SSSR count). The average molecular weight is 452 g/mol. The second-order valence-electron chi connectivity index (χ2n) is 5.35. The van der Waals surface area contributed by atoms with Gasteiger partial charge in [0.05, 0.1) is 15.6 Å². The molecule has 5 nitrogen and oxygen atoms in total. The monoisotopic (exact) mass is 450 g/mol. The summed E-state index contributed by atoms with van der Waals surface area (Å²) in [7, 11) is 0. The molecule has 1 heterocycles. The largest absolute Gasteiger partial charge is 0.323 e. The quantitative estimate of drug-likeness (QED) is 0.680. The zero-order chi connectivity index (χ0) is 18.7. The smallest absolute Gasteiger partial charge is 0.294 e. The van der Waals surface area contributed by atoms with Crippen molar-refractivity contribution in [3.63, 3.8) is 0 Å². The Labute approximate surface area is 167 Å². The predicted octanol–water partition coefficient (Wildman–Crippen LogP) is 4.78. The first-order valence-electron chi connectivity index (χ1n) is 7.49. The van der Waals surface area contributed by atoms with Gasteiger partial charge in [0.15, 0.2) is 0 Å². The summed E-state index contributed by atoms with van der Waals surface area (Å²) < 4.78 is 0.916. The van der Waals surface area contributed by atoms with E-state index in [1.54, 1.807) is 30.3 Å². The first-order valence-corrected chi connectivity index (χ1v) is 9.48. The lowest BCUT2D eigenvalue weighted by Crippen LogP contribution is -2.36. The molecule has 0 radical (unpaired) electrons. The molecule has 1 aliphatic rings. The lowest BCUT2D eigenvalue weighted by Gasteiger charge is -2.13. The first kappa shape index (κ1) is 18.7. The molecule has 2 aromatic carbocycles. The number of hydrogen-bond acceptors (Lipinski definition) is 4. The Morgan fingerprint density at radius 1 is 1.15 bits per heavy atom. The molecule has 0 atom stereocenters. The third-order valence-electron chi connectivity index (χ3n) is 3.49. The van der Waals surface area contributed by atoms with Crippen molar-refractivity contribution in [1.29, 1.82) is 0 Å². The predicted molar refractivity (Wildman–Crippen MR) is 107 cm³/mol. The molecule has 0 saturated carbocycles. The second-order valence-corrected chi connectivity index (χ2v) is 7.66. The summed E-state index contributed by atoms with van der Waals surface area (Å²) in [6.45, 7) is -0.367. The molecule has 132 valence electrons. The van der Waals surface area contributed by atoms with E-state index in [1.807, 2.05) is 24.3 Å². The lowest BCUT2D eigenvalue weighted by molar-refractivity contribution is -0.127. The molecule has 0 spiro atoms. The van der Waals surface area contributed by atoms with Gasteiger partial charge in [-0.1, -0.05) is 51.8 Å². The van der Waals surface area contributed by atoms with Crippen LogP contribution in [0.25, 0.3) is 6.08 Å². The number of carbonyl (C=O) groups is 3. The van der Waals surface area contributed by atoms with E-state index in [4.69, 9.17) is 11.6 Å². The van der Waals surface area contributed by atoms with Gasteiger partial charge >= 0.3 is 0 Å². The number of thioether (sulfide) groups is 1. The van der Waals surface area contributed by atoms with Gasteiger partial charge in [-0.05, 0) is 47.7 Å². The van der Waals surface area contributed by atoms with Crippen molar-refractivity contribution in [3.8, 4) is 0 Å². The Hall–Kier alpha value is -2.09. The van der Waals surface area contributed by atoms with Crippen LogP contribution < -0.4 is 5.32 Å². The Balaban J connectivity index is 1.70. The number of hydrogen-bond donors (Lipinski definition) is 1. The highest BCUT2D eigenvalue weighted by molar-refractivity contribution is 9.10. The molecule has 0 aliphatic carbocycles. The molecule has 8 heteroatoms. The van der Waals surface area contributed by atoms with E-state index in [0.29, 0.717) is 10.7 Å². The number of halogens is 2. The molecule has 26 heavy (non-hydrogen) atoms. The van der Waals surface area contributed by atoms with E-state index >= 15 is 0 Å². The summed E-state index contributed by atoms with van der Waals surface area (Å²) >= 11 is 10.1. The zero-order valence-corrected chi connectivity index (χ0v) is 16.4. The van der Waals surface area contributed by atoms with Crippen molar-refractivity contribution < 1.29 is 14.4 Å². The van der Waals surface area contributed by atoms with Crippen LogP contribution >= 0.6 is 39.3 Å². The first-order chi connectivity index (χ1) is 12.4. The number of benzene rings is 2. The number of rotatable bonds is 4. The fraction of sp³-hybridized carbons (Fsp3) is 0.0556. The highest BCUT2D eigenvalue weighted by atomic mass is 79.9. The number of nitrogens with zero attached hydrogens (tertiary/aromatic N) is 1. The highest BCUT2D eigenvalue weighted by Crippen LogP contribution is 2.32. The van der Waals surface area contributed by atoms with E-state index in [-0.39, 0.29) is 11.4 Å². The fourth-order valence-corrected chi connectivity index (χ4v) is 3.53. The summed E-state index contributed by atoms with van der Waals surface area (Å²) in [5, 5.41) is 2.50. The van der Waals surface area contributed by atoms with Gasteiger partial charge in [0, 0.05) is 4.47 Å². The van der Waals surface area contributed by atoms with Crippen LogP contribution in [-0.4, -0.2) is 28.5 Å². The van der Waals surface area contributed by atoms with Crippen LogP contribution in [0.15, 0.2) is 57.9 Å². The molecule has 3 amide bonds. The molecule has 0 bridgehead atoms. The minimum atomic E-state index is -0.495. The minimum Gasteiger partial charge on any atom is -0.323 e. The molecular weight excluding hydrogens is 440 g/mol. The number of imide groups is 1. The maximum atomic E-state index is 12.4. The van der Waals surface area contributed by atoms with Crippen LogP contribution in [0.4, 0.5) is 10.5 Å². The van der Waals surface area contributed by atoms with Crippen molar-refractivity contribution in [2.24, 2.45) is 0 Å². The van der Waals surface area contributed by atoms with Crippen molar-refractivity contribution >= 4 is 68.1 Å². The van der Waals surface area contributed by atoms with Crippen LogP contribution in [0, 0.1) is 0 Å². The highest BCUT2D eigenvalue weighted by Gasteiger charge is 2.36. The SMILES string of the molecule is O=C(CN1C(=O)S/C(=C/c2ccc(Br)cc2)C1=O)Nc1ccccc1Cl. The Morgan fingerprint density at radius 2 is 1.85 bits per heavy atom. The third-order valence-corrected chi connectivity index (χ3v) is 5.26. The summed E-state index contributed by atoms with van der Waals surface area (Å²) in [6.07, 6.45) is 1.63. The third kappa shape index (κ3) is 4.35. The van der Waals surface area contributed by atoms with Crippen LogP contribution in [0.2, 0.25) is 5.02 Å². The van der Waals surface area contributed by atoms with E-state index < -0.39 is 17.1 Å². The normalized spacial score (nSPS) is 15.6. The molecule has 0 aromatic heterocycles.